The molecular formula is C19H29N3O4. The highest BCUT2D eigenvalue weighted by molar-refractivity contribution is 5.90. The molecule has 0 bridgehead atoms. The van der Waals surface area contributed by atoms with Gasteiger partial charge in [0.15, 0.2) is 0 Å². The Morgan fingerprint density at radius 3 is 2.35 bits per heavy atom. The van der Waals surface area contributed by atoms with Gasteiger partial charge in [-0.2, -0.15) is 0 Å². The van der Waals surface area contributed by atoms with Gasteiger partial charge in [-0.25, -0.2) is 4.79 Å². The highest BCUT2D eigenvalue weighted by Crippen LogP contribution is 2.17. The molecule has 1 aliphatic heterocycles. The van der Waals surface area contributed by atoms with Crippen molar-refractivity contribution in [2.75, 3.05) is 44.6 Å². The van der Waals surface area contributed by atoms with Crippen LogP contribution in [0.5, 0.6) is 5.75 Å². The lowest BCUT2D eigenvalue weighted by atomic mass is 10.2. The molecule has 1 heterocycles. The summed E-state index contributed by atoms with van der Waals surface area (Å²) in [5.41, 5.74) is 0.762. The summed E-state index contributed by atoms with van der Waals surface area (Å²) in [4.78, 5) is 27.7. The molecule has 0 aliphatic carbocycles. The standard InChI is InChI=1S/C19H29N3O4/c1-4-25-19(24)22-13-11-21(12-14-22)10-9-18(23)20-16-5-7-17(8-6-16)26-15(2)3/h5-8,15H,4,9-14H2,1-3H3,(H,20,23). The zero-order valence-corrected chi connectivity index (χ0v) is 15.9. The van der Waals surface area contributed by atoms with Crippen molar-refractivity contribution < 1.29 is 19.1 Å². The van der Waals surface area contributed by atoms with Crippen molar-refractivity contribution in [2.24, 2.45) is 0 Å². The molecule has 0 spiro atoms. The van der Waals surface area contributed by atoms with Gasteiger partial charge in [0.2, 0.25) is 5.91 Å². The summed E-state index contributed by atoms with van der Waals surface area (Å²) in [7, 11) is 0. The fraction of sp³-hybridized carbons (Fsp3) is 0.579. The molecule has 1 fully saturated rings. The van der Waals surface area contributed by atoms with Gasteiger partial charge in [-0.1, -0.05) is 0 Å². The van der Waals surface area contributed by atoms with E-state index < -0.39 is 0 Å². The Bertz CT molecular complexity index is 581. The third kappa shape index (κ3) is 6.55. The monoisotopic (exact) mass is 363 g/mol. The first-order valence-corrected chi connectivity index (χ1v) is 9.18. The molecule has 0 saturated carbocycles. The quantitative estimate of drug-likeness (QED) is 0.806. The van der Waals surface area contributed by atoms with E-state index in [1.165, 1.54) is 0 Å². The second kappa shape index (κ2) is 10.0. The van der Waals surface area contributed by atoms with Crippen LogP contribution in [0.25, 0.3) is 0 Å². The molecule has 1 aromatic rings. The smallest absolute Gasteiger partial charge is 0.409 e. The highest BCUT2D eigenvalue weighted by Gasteiger charge is 2.22. The SMILES string of the molecule is CCOC(=O)N1CCN(CCC(=O)Nc2ccc(OC(C)C)cc2)CC1. The Balaban J connectivity index is 1.68. The van der Waals surface area contributed by atoms with E-state index in [0.29, 0.717) is 32.7 Å². The second-order valence-corrected chi connectivity index (χ2v) is 6.52. The number of hydrogen-bond donors (Lipinski definition) is 1. The third-order valence-corrected chi connectivity index (χ3v) is 4.06. The van der Waals surface area contributed by atoms with Crippen molar-refractivity contribution in [1.82, 2.24) is 9.80 Å². The molecule has 7 heteroatoms. The molecular weight excluding hydrogens is 334 g/mol. The van der Waals surface area contributed by atoms with E-state index in [2.05, 4.69) is 10.2 Å². The van der Waals surface area contributed by atoms with Crippen LogP contribution in [0.4, 0.5) is 10.5 Å². The van der Waals surface area contributed by atoms with Crippen LogP contribution in [0, 0.1) is 0 Å². The minimum absolute atomic E-state index is 0.0182. The van der Waals surface area contributed by atoms with Crippen LogP contribution in [0.15, 0.2) is 24.3 Å². The van der Waals surface area contributed by atoms with Gasteiger partial charge in [0, 0.05) is 44.8 Å². The van der Waals surface area contributed by atoms with Gasteiger partial charge in [-0.15, -0.1) is 0 Å². The van der Waals surface area contributed by atoms with Gasteiger partial charge in [0.1, 0.15) is 5.75 Å². The van der Waals surface area contributed by atoms with Crippen LogP contribution in [0.1, 0.15) is 27.2 Å². The van der Waals surface area contributed by atoms with Gasteiger partial charge >= 0.3 is 6.09 Å². The molecule has 2 amide bonds. The number of benzene rings is 1. The minimum atomic E-state index is -0.255. The number of piperazine rings is 1. The number of amides is 2. The first-order chi connectivity index (χ1) is 12.5. The zero-order valence-electron chi connectivity index (χ0n) is 15.9. The van der Waals surface area contributed by atoms with E-state index in [1.54, 1.807) is 11.8 Å². The van der Waals surface area contributed by atoms with Gasteiger partial charge in [0.25, 0.3) is 0 Å². The molecule has 0 atom stereocenters. The maximum Gasteiger partial charge on any atom is 0.409 e. The lowest BCUT2D eigenvalue weighted by Crippen LogP contribution is -2.49. The molecule has 1 N–H and O–H groups in total. The van der Waals surface area contributed by atoms with Gasteiger partial charge < -0.3 is 19.7 Å². The second-order valence-electron chi connectivity index (χ2n) is 6.52. The van der Waals surface area contributed by atoms with E-state index in [1.807, 2.05) is 38.1 Å². The first-order valence-electron chi connectivity index (χ1n) is 9.18. The highest BCUT2D eigenvalue weighted by atomic mass is 16.6. The summed E-state index contributed by atoms with van der Waals surface area (Å²) in [5, 5.41) is 2.90. The molecule has 144 valence electrons. The van der Waals surface area contributed by atoms with Crippen molar-refractivity contribution in [3.05, 3.63) is 24.3 Å². The molecule has 1 saturated heterocycles. The number of carbonyl (C=O) groups is 2. The number of ether oxygens (including phenoxy) is 2. The predicted molar refractivity (Wildman–Crippen MR) is 100 cm³/mol. The van der Waals surface area contributed by atoms with E-state index in [-0.39, 0.29) is 18.1 Å². The van der Waals surface area contributed by atoms with Gasteiger partial charge in [0.05, 0.1) is 12.7 Å². The molecule has 7 nitrogen and oxygen atoms in total. The Labute approximate surface area is 155 Å². The van der Waals surface area contributed by atoms with Gasteiger partial charge in [-0.3, -0.25) is 9.69 Å². The Hall–Kier alpha value is -2.28. The number of nitrogens with one attached hydrogen (secondary N) is 1. The lowest BCUT2D eigenvalue weighted by Gasteiger charge is -2.33. The minimum Gasteiger partial charge on any atom is -0.491 e. The fourth-order valence-electron chi connectivity index (χ4n) is 2.74. The summed E-state index contributed by atoms with van der Waals surface area (Å²) >= 11 is 0. The molecule has 0 radical (unpaired) electrons. The maximum atomic E-state index is 12.1. The molecule has 2 rings (SSSR count). The average Bonchev–Trinajstić information content (AvgIpc) is 2.62. The lowest BCUT2D eigenvalue weighted by molar-refractivity contribution is -0.116. The van der Waals surface area contributed by atoms with Crippen molar-refractivity contribution >= 4 is 17.7 Å². The predicted octanol–water partition coefficient (Wildman–Crippen LogP) is 2.58. The van der Waals surface area contributed by atoms with Gasteiger partial charge in [-0.05, 0) is 45.0 Å². The van der Waals surface area contributed by atoms with E-state index in [9.17, 15) is 9.59 Å². The van der Waals surface area contributed by atoms with Crippen molar-refractivity contribution in [3.63, 3.8) is 0 Å². The first kappa shape index (κ1) is 20.0. The number of nitrogens with zero attached hydrogens (tertiary/aromatic N) is 2. The number of hydrogen-bond acceptors (Lipinski definition) is 5. The molecule has 1 aromatic carbocycles. The van der Waals surface area contributed by atoms with Crippen LogP contribution < -0.4 is 10.1 Å². The van der Waals surface area contributed by atoms with Crippen LogP contribution >= 0.6 is 0 Å². The topological polar surface area (TPSA) is 71.1 Å². The maximum absolute atomic E-state index is 12.1. The number of anilines is 1. The summed E-state index contributed by atoms with van der Waals surface area (Å²) < 4.78 is 10.6. The van der Waals surface area contributed by atoms with Crippen LogP contribution in [0.2, 0.25) is 0 Å². The van der Waals surface area contributed by atoms with Crippen molar-refractivity contribution in [2.45, 2.75) is 33.3 Å². The van der Waals surface area contributed by atoms with Crippen LogP contribution in [-0.4, -0.2) is 67.2 Å². The Morgan fingerprint density at radius 1 is 1.12 bits per heavy atom. The average molecular weight is 363 g/mol. The van der Waals surface area contributed by atoms with Crippen molar-refractivity contribution in [1.29, 1.82) is 0 Å². The molecule has 26 heavy (non-hydrogen) atoms. The zero-order chi connectivity index (χ0) is 18.9. The summed E-state index contributed by atoms with van der Waals surface area (Å²) in [6.07, 6.45) is 0.290. The summed E-state index contributed by atoms with van der Waals surface area (Å²) in [6.45, 7) is 9.61. The van der Waals surface area contributed by atoms with Crippen LogP contribution in [0.3, 0.4) is 0 Å². The van der Waals surface area contributed by atoms with E-state index in [0.717, 1.165) is 24.5 Å². The molecule has 0 unspecified atom stereocenters. The third-order valence-electron chi connectivity index (χ3n) is 4.06. The number of rotatable bonds is 7. The molecule has 1 aliphatic rings. The summed E-state index contributed by atoms with van der Waals surface area (Å²) in [5.74, 6) is 0.771. The number of carbonyl (C=O) groups excluding carboxylic acids is 2. The van der Waals surface area contributed by atoms with E-state index in [4.69, 9.17) is 9.47 Å². The Kier molecular flexibility index (Phi) is 7.72. The van der Waals surface area contributed by atoms with Crippen LogP contribution in [-0.2, 0) is 9.53 Å². The summed E-state index contributed by atoms with van der Waals surface area (Å²) in [6, 6.07) is 7.38. The van der Waals surface area contributed by atoms with E-state index >= 15 is 0 Å². The fourth-order valence-corrected chi connectivity index (χ4v) is 2.74. The molecule has 0 aromatic heterocycles. The normalized spacial score (nSPS) is 15.0. The largest absolute Gasteiger partial charge is 0.491 e. The Morgan fingerprint density at radius 2 is 1.77 bits per heavy atom. The van der Waals surface area contributed by atoms with Crippen molar-refractivity contribution in [3.8, 4) is 5.75 Å².